The van der Waals surface area contributed by atoms with Gasteiger partial charge in [0.25, 0.3) is 10.0 Å². The number of rotatable bonds is 1. The third-order valence-corrected chi connectivity index (χ3v) is 5.29. The minimum atomic E-state index is -3.69. The summed E-state index contributed by atoms with van der Waals surface area (Å²) in [5, 5.41) is 0.515. The number of aromatic nitrogens is 1. The number of primary amides is 1. The summed E-state index contributed by atoms with van der Waals surface area (Å²) < 4.78 is 27.5. The van der Waals surface area contributed by atoms with Gasteiger partial charge in [-0.2, -0.15) is 0 Å². The van der Waals surface area contributed by atoms with Crippen LogP contribution in [0.1, 0.15) is 10.4 Å². The van der Waals surface area contributed by atoms with E-state index in [1.54, 1.807) is 36.4 Å². The Hall–Kier alpha value is -2.93. The molecule has 0 atom stereocenters. The lowest BCUT2D eigenvalue weighted by Gasteiger charge is -2.22. The molecule has 0 aliphatic carbocycles. The van der Waals surface area contributed by atoms with Gasteiger partial charge in [0.2, 0.25) is 5.91 Å². The highest BCUT2D eigenvalue weighted by atomic mass is 32.2. The van der Waals surface area contributed by atoms with E-state index in [0.29, 0.717) is 27.7 Å². The molecule has 2 aromatic carbocycles. The van der Waals surface area contributed by atoms with Gasteiger partial charge >= 0.3 is 0 Å². The van der Waals surface area contributed by atoms with E-state index in [4.69, 9.17) is 5.73 Å². The van der Waals surface area contributed by atoms with Crippen LogP contribution in [0, 0.1) is 0 Å². The second-order valence-corrected chi connectivity index (χ2v) is 6.86. The highest BCUT2D eigenvalue weighted by Gasteiger charge is 2.29. The second kappa shape index (κ2) is 4.53. The number of hydrogen-bond acceptors (Lipinski definition) is 4. The molecule has 3 aromatic rings. The van der Waals surface area contributed by atoms with Crippen molar-refractivity contribution in [2.45, 2.75) is 4.90 Å². The SMILES string of the molecule is NC(=O)c1ccnc2c3c(ccc12)-c1ccccc1S(=O)(=O)N3. The molecule has 3 N–H and O–H groups in total. The summed E-state index contributed by atoms with van der Waals surface area (Å²) in [4.78, 5) is 16.0. The number of carbonyl (C=O) groups is 1. The van der Waals surface area contributed by atoms with Gasteiger partial charge in [-0.05, 0) is 12.1 Å². The molecule has 0 bridgehead atoms. The minimum absolute atomic E-state index is 0.220. The Balaban J connectivity index is 2.14. The monoisotopic (exact) mass is 325 g/mol. The molecule has 7 heteroatoms. The summed E-state index contributed by atoms with van der Waals surface area (Å²) in [6.07, 6.45) is 1.44. The van der Waals surface area contributed by atoms with Gasteiger partial charge in [-0.3, -0.25) is 14.5 Å². The van der Waals surface area contributed by atoms with Crippen LogP contribution in [0.5, 0.6) is 0 Å². The van der Waals surface area contributed by atoms with Crippen LogP contribution in [-0.4, -0.2) is 19.3 Å². The maximum Gasteiger partial charge on any atom is 0.262 e. The number of sulfonamides is 1. The molecule has 0 spiro atoms. The fourth-order valence-corrected chi connectivity index (χ4v) is 4.18. The van der Waals surface area contributed by atoms with Crippen molar-refractivity contribution in [2.24, 2.45) is 5.73 Å². The Morgan fingerprint density at radius 1 is 1.04 bits per heavy atom. The molecule has 114 valence electrons. The number of nitrogens with one attached hydrogen (secondary N) is 1. The van der Waals surface area contributed by atoms with Gasteiger partial charge in [-0.15, -0.1) is 0 Å². The Kier molecular flexibility index (Phi) is 2.70. The summed E-state index contributed by atoms with van der Waals surface area (Å²) in [5.74, 6) is -0.587. The van der Waals surface area contributed by atoms with Crippen LogP contribution < -0.4 is 10.5 Å². The summed E-state index contributed by atoms with van der Waals surface area (Å²) >= 11 is 0. The lowest BCUT2D eigenvalue weighted by Crippen LogP contribution is -2.19. The third kappa shape index (κ3) is 1.90. The van der Waals surface area contributed by atoms with Crippen molar-refractivity contribution in [1.29, 1.82) is 0 Å². The van der Waals surface area contributed by atoms with Crippen molar-refractivity contribution in [3.05, 3.63) is 54.2 Å². The van der Waals surface area contributed by atoms with Crippen LogP contribution in [0.4, 0.5) is 5.69 Å². The normalized spacial score (nSPS) is 14.6. The highest BCUT2D eigenvalue weighted by Crippen LogP contribution is 2.42. The van der Waals surface area contributed by atoms with Crippen LogP contribution in [-0.2, 0) is 10.0 Å². The number of amides is 1. The molecule has 0 radical (unpaired) electrons. The van der Waals surface area contributed by atoms with Crippen LogP contribution in [0.3, 0.4) is 0 Å². The van der Waals surface area contributed by atoms with Crippen molar-refractivity contribution in [1.82, 2.24) is 4.98 Å². The van der Waals surface area contributed by atoms with Crippen LogP contribution in [0.15, 0.2) is 53.6 Å². The van der Waals surface area contributed by atoms with Crippen molar-refractivity contribution in [3.63, 3.8) is 0 Å². The molecule has 2 heterocycles. The van der Waals surface area contributed by atoms with E-state index < -0.39 is 15.9 Å². The van der Waals surface area contributed by atoms with Crippen LogP contribution in [0.2, 0.25) is 0 Å². The maximum absolute atomic E-state index is 12.5. The van der Waals surface area contributed by atoms with Crippen LogP contribution >= 0.6 is 0 Å². The van der Waals surface area contributed by atoms with E-state index in [1.165, 1.54) is 12.3 Å². The summed E-state index contributed by atoms with van der Waals surface area (Å²) in [5.41, 5.74) is 7.77. The summed E-state index contributed by atoms with van der Waals surface area (Å²) in [6, 6.07) is 11.8. The van der Waals surface area contributed by atoms with E-state index in [-0.39, 0.29) is 4.90 Å². The number of hydrogen-bond donors (Lipinski definition) is 2. The number of pyridine rings is 1. The van der Waals surface area contributed by atoms with E-state index in [2.05, 4.69) is 9.71 Å². The first-order valence-corrected chi connectivity index (χ1v) is 8.31. The minimum Gasteiger partial charge on any atom is -0.366 e. The fraction of sp³-hybridized carbons (Fsp3) is 0. The van der Waals surface area contributed by atoms with Crippen molar-refractivity contribution in [3.8, 4) is 11.1 Å². The topological polar surface area (TPSA) is 102 Å². The van der Waals surface area contributed by atoms with Gasteiger partial charge in [0.05, 0.1) is 21.7 Å². The molecule has 4 rings (SSSR count). The first kappa shape index (κ1) is 13.7. The maximum atomic E-state index is 12.5. The molecule has 1 aromatic heterocycles. The smallest absolute Gasteiger partial charge is 0.262 e. The zero-order valence-electron chi connectivity index (χ0n) is 11.8. The number of nitrogens with zero attached hydrogens (tertiary/aromatic N) is 1. The van der Waals surface area contributed by atoms with E-state index in [1.807, 2.05) is 0 Å². The van der Waals surface area contributed by atoms with E-state index >= 15 is 0 Å². The number of anilines is 1. The number of nitrogens with two attached hydrogens (primary N) is 1. The van der Waals surface area contributed by atoms with Crippen LogP contribution in [0.25, 0.3) is 22.0 Å². The first-order valence-electron chi connectivity index (χ1n) is 6.83. The van der Waals surface area contributed by atoms with Gasteiger partial charge in [0.15, 0.2) is 0 Å². The molecule has 0 saturated carbocycles. The Morgan fingerprint density at radius 3 is 2.61 bits per heavy atom. The summed E-state index contributed by atoms with van der Waals surface area (Å²) in [6.45, 7) is 0. The van der Waals surface area contributed by atoms with Gasteiger partial charge < -0.3 is 5.73 Å². The molecule has 1 aliphatic heterocycles. The zero-order chi connectivity index (χ0) is 16.2. The second-order valence-electron chi connectivity index (χ2n) is 5.21. The van der Waals surface area contributed by atoms with E-state index in [0.717, 1.165) is 5.56 Å². The van der Waals surface area contributed by atoms with Gasteiger partial charge in [-0.25, -0.2) is 8.42 Å². The Labute approximate surface area is 132 Å². The first-order chi connectivity index (χ1) is 11.0. The fourth-order valence-electron chi connectivity index (χ4n) is 2.87. The van der Waals surface area contributed by atoms with Crippen molar-refractivity contribution in [2.75, 3.05) is 4.72 Å². The van der Waals surface area contributed by atoms with Gasteiger partial charge in [-0.1, -0.05) is 30.3 Å². The Bertz CT molecular complexity index is 1090. The zero-order valence-corrected chi connectivity index (χ0v) is 12.6. The van der Waals surface area contributed by atoms with E-state index in [9.17, 15) is 13.2 Å². The average molecular weight is 325 g/mol. The molecular formula is C16H11N3O3S. The predicted octanol–water partition coefficient (Wildman–Crippen LogP) is 2.11. The number of benzene rings is 2. The molecular weight excluding hydrogens is 314 g/mol. The molecule has 6 nitrogen and oxygen atoms in total. The average Bonchev–Trinajstić information content (AvgIpc) is 2.54. The Morgan fingerprint density at radius 2 is 1.83 bits per heavy atom. The highest BCUT2D eigenvalue weighted by molar-refractivity contribution is 7.93. The lowest BCUT2D eigenvalue weighted by molar-refractivity contribution is 0.100. The molecule has 1 aliphatic rings. The molecule has 0 saturated heterocycles. The molecule has 0 fully saturated rings. The van der Waals surface area contributed by atoms with Gasteiger partial charge in [0, 0.05) is 22.7 Å². The lowest BCUT2D eigenvalue weighted by atomic mass is 9.99. The number of fused-ring (bicyclic) bond motifs is 5. The quantitative estimate of drug-likeness (QED) is 0.715. The molecule has 23 heavy (non-hydrogen) atoms. The standard InChI is InChI=1S/C16H11N3O3S/c17-16(20)12-7-8-18-14-11(12)6-5-10-9-3-1-2-4-13(9)23(21,22)19-15(10)14/h1-8,19H,(H2,17,20). The van der Waals surface area contributed by atoms with Crippen molar-refractivity contribution < 1.29 is 13.2 Å². The molecule has 1 amide bonds. The third-order valence-electron chi connectivity index (χ3n) is 3.88. The van der Waals surface area contributed by atoms with Crippen molar-refractivity contribution >= 4 is 32.5 Å². The molecule has 0 unspecified atom stereocenters. The number of carbonyl (C=O) groups excluding carboxylic acids is 1. The van der Waals surface area contributed by atoms with Gasteiger partial charge in [0.1, 0.15) is 0 Å². The summed E-state index contributed by atoms with van der Waals surface area (Å²) in [7, 11) is -3.69. The largest absolute Gasteiger partial charge is 0.366 e. The predicted molar refractivity (Wildman–Crippen MR) is 86.5 cm³/mol.